The van der Waals surface area contributed by atoms with Crippen LogP contribution in [0.4, 0.5) is 0 Å². The van der Waals surface area contributed by atoms with Crippen molar-refractivity contribution in [2.75, 3.05) is 33.8 Å². The zero-order valence-corrected chi connectivity index (χ0v) is 18.4. The van der Waals surface area contributed by atoms with Crippen molar-refractivity contribution in [3.8, 4) is 5.75 Å². The van der Waals surface area contributed by atoms with Crippen LogP contribution in [-0.2, 0) is 6.54 Å². The van der Waals surface area contributed by atoms with Crippen LogP contribution >= 0.6 is 0 Å². The van der Waals surface area contributed by atoms with Gasteiger partial charge >= 0.3 is 0 Å². The largest absolute Gasteiger partial charge is 0.495 e. The Morgan fingerprint density at radius 3 is 2.62 bits per heavy atom. The van der Waals surface area contributed by atoms with Gasteiger partial charge in [0.1, 0.15) is 5.75 Å². The molecule has 2 aromatic rings. The highest BCUT2D eigenvalue weighted by molar-refractivity contribution is 6.08. The van der Waals surface area contributed by atoms with Gasteiger partial charge in [0.25, 0.3) is 5.91 Å². The third kappa shape index (κ3) is 3.89. The van der Waals surface area contributed by atoms with Crippen molar-refractivity contribution in [2.24, 2.45) is 5.92 Å². The van der Waals surface area contributed by atoms with Gasteiger partial charge in [0.2, 0.25) is 0 Å². The minimum absolute atomic E-state index is 0.00787. The highest BCUT2D eigenvalue weighted by Gasteiger charge is 2.34. The monoisotopic (exact) mass is 397 g/mol. The van der Waals surface area contributed by atoms with Crippen LogP contribution in [0, 0.1) is 5.92 Å². The molecule has 0 bridgehead atoms. The number of carbonyl (C=O) groups is 1. The first-order chi connectivity index (χ1) is 13.9. The van der Waals surface area contributed by atoms with Gasteiger partial charge in [-0.15, -0.1) is 0 Å². The summed E-state index contributed by atoms with van der Waals surface area (Å²) < 4.78 is 7.98. The molecule has 0 radical (unpaired) electrons. The van der Waals surface area contributed by atoms with Crippen molar-refractivity contribution in [1.29, 1.82) is 0 Å². The minimum Gasteiger partial charge on any atom is -0.495 e. The molecule has 1 amide bonds. The molecule has 4 rings (SSSR count). The van der Waals surface area contributed by atoms with Gasteiger partial charge in [-0.2, -0.15) is 0 Å². The molecule has 29 heavy (non-hydrogen) atoms. The van der Waals surface area contributed by atoms with Gasteiger partial charge in [0.05, 0.1) is 18.2 Å². The van der Waals surface area contributed by atoms with E-state index in [0.29, 0.717) is 5.92 Å². The zero-order chi connectivity index (χ0) is 20.6. The van der Waals surface area contributed by atoms with Crippen LogP contribution in [0.5, 0.6) is 5.75 Å². The summed E-state index contributed by atoms with van der Waals surface area (Å²) in [5.41, 5.74) is 1.87. The molecule has 1 saturated carbocycles. The molecule has 1 aromatic heterocycles. The number of aromatic nitrogens is 1. The van der Waals surface area contributed by atoms with Gasteiger partial charge in [0, 0.05) is 43.3 Å². The second-order valence-electron chi connectivity index (χ2n) is 9.52. The smallest absolute Gasteiger partial charge is 0.256 e. The Hall–Kier alpha value is -2.01. The maximum atomic E-state index is 13.6. The Bertz CT molecular complexity index is 880. The van der Waals surface area contributed by atoms with Crippen LogP contribution in [-0.4, -0.2) is 59.6 Å². The van der Waals surface area contributed by atoms with Crippen LogP contribution in [0.1, 0.15) is 56.3 Å². The summed E-state index contributed by atoms with van der Waals surface area (Å²) in [6.07, 6.45) is 8.66. The minimum atomic E-state index is -0.00787. The summed E-state index contributed by atoms with van der Waals surface area (Å²) in [4.78, 5) is 17.9. The first-order valence-corrected chi connectivity index (χ1v) is 11.1. The second kappa shape index (κ2) is 8.02. The number of piperazine rings is 1. The lowest BCUT2D eigenvalue weighted by molar-refractivity contribution is 0.0312. The molecular formula is C24H35N3O2. The zero-order valence-electron chi connectivity index (χ0n) is 18.4. The molecule has 2 heterocycles. The van der Waals surface area contributed by atoms with E-state index in [1.54, 1.807) is 7.11 Å². The van der Waals surface area contributed by atoms with Gasteiger partial charge in [-0.25, -0.2) is 0 Å². The molecule has 2 aliphatic rings. The third-order valence-corrected chi connectivity index (χ3v) is 7.09. The first-order valence-electron chi connectivity index (χ1n) is 11.1. The average Bonchev–Trinajstić information content (AvgIpc) is 3.09. The lowest BCUT2D eigenvalue weighted by Crippen LogP contribution is -2.58. The van der Waals surface area contributed by atoms with Crippen LogP contribution in [0.15, 0.2) is 24.4 Å². The van der Waals surface area contributed by atoms with Crippen molar-refractivity contribution >= 4 is 16.8 Å². The normalized spacial score (nSPS) is 20.9. The molecule has 1 aliphatic carbocycles. The summed E-state index contributed by atoms with van der Waals surface area (Å²) in [5.74, 6) is 1.69. The second-order valence-corrected chi connectivity index (χ2v) is 9.52. The predicted octanol–water partition coefficient (Wildman–Crippen LogP) is 4.40. The number of fused-ring (bicyclic) bond motifs is 1. The van der Waals surface area contributed by atoms with Crippen LogP contribution in [0.2, 0.25) is 0 Å². The van der Waals surface area contributed by atoms with Gasteiger partial charge in [-0.3, -0.25) is 9.69 Å². The number of amides is 1. The summed E-state index contributed by atoms with van der Waals surface area (Å²) >= 11 is 0. The molecule has 158 valence electrons. The van der Waals surface area contributed by atoms with Crippen molar-refractivity contribution in [3.05, 3.63) is 30.0 Å². The van der Waals surface area contributed by atoms with E-state index < -0.39 is 0 Å². The van der Waals surface area contributed by atoms with E-state index in [4.69, 9.17) is 4.74 Å². The maximum Gasteiger partial charge on any atom is 0.256 e. The number of hydrogen-bond acceptors (Lipinski definition) is 3. The molecule has 2 fully saturated rings. The first kappa shape index (κ1) is 20.3. The Morgan fingerprint density at radius 1 is 1.17 bits per heavy atom. The highest BCUT2D eigenvalue weighted by Crippen LogP contribution is 2.34. The summed E-state index contributed by atoms with van der Waals surface area (Å²) in [6.45, 7) is 7.82. The van der Waals surface area contributed by atoms with E-state index in [-0.39, 0.29) is 11.4 Å². The molecule has 0 atom stereocenters. The average molecular weight is 398 g/mol. The molecule has 1 aliphatic heterocycles. The van der Waals surface area contributed by atoms with E-state index in [2.05, 4.69) is 42.6 Å². The van der Waals surface area contributed by atoms with Crippen LogP contribution < -0.4 is 4.74 Å². The van der Waals surface area contributed by atoms with Crippen molar-refractivity contribution in [1.82, 2.24) is 14.4 Å². The Morgan fingerprint density at radius 2 is 1.93 bits per heavy atom. The standard InChI is InChI=1S/C24H35N3O2/c1-24(2)17-26(14-13-25(24)3)23(28)20-16-27(15-18-9-6-5-7-10-18)22-19(20)11-8-12-21(22)29-4/h8,11-12,16,18H,5-7,9-10,13-15,17H2,1-4H3. The van der Waals surface area contributed by atoms with Crippen molar-refractivity contribution in [3.63, 3.8) is 0 Å². The Labute approximate surface area is 174 Å². The molecule has 1 aromatic carbocycles. The molecule has 5 nitrogen and oxygen atoms in total. The van der Waals surface area contributed by atoms with Crippen molar-refractivity contribution in [2.45, 2.75) is 58.0 Å². The SMILES string of the molecule is COc1cccc2c(C(=O)N3CCN(C)C(C)(C)C3)cn(CC3CCCCC3)c12. The number of para-hydroxylation sites is 1. The van der Waals surface area contributed by atoms with Gasteiger partial charge in [-0.05, 0) is 45.7 Å². The fourth-order valence-corrected chi connectivity index (χ4v) is 5.04. The fourth-order valence-electron chi connectivity index (χ4n) is 5.04. The molecular weight excluding hydrogens is 362 g/mol. The lowest BCUT2D eigenvalue weighted by Gasteiger charge is -2.45. The van der Waals surface area contributed by atoms with E-state index in [1.807, 2.05) is 17.0 Å². The number of nitrogens with zero attached hydrogens (tertiary/aromatic N) is 3. The maximum absolute atomic E-state index is 13.6. The van der Waals surface area contributed by atoms with E-state index in [9.17, 15) is 4.79 Å². The predicted molar refractivity (Wildman–Crippen MR) is 118 cm³/mol. The molecule has 0 spiro atoms. The molecule has 0 N–H and O–H groups in total. The number of likely N-dealkylation sites (N-methyl/N-ethyl adjacent to an activating group) is 1. The summed E-state index contributed by atoms with van der Waals surface area (Å²) in [6, 6.07) is 6.08. The third-order valence-electron chi connectivity index (χ3n) is 7.09. The quantitative estimate of drug-likeness (QED) is 0.768. The molecule has 5 heteroatoms. The number of methoxy groups -OCH3 is 1. The number of rotatable bonds is 4. The Kier molecular flexibility index (Phi) is 5.60. The van der Waals surface area contributed by atoms with Gasteiger partial charge in [-0.1, -0.05) is 31.4 Å². The van der Waals surface area contributed by atoms with Crippen LogP contribution in [0.25, 0.3) is 10.9 Å². The number of hydrogen-bond donors (Lipinski definition) is 0. The highest BCUT2D eigenvalue weighted by atomic mass is 16.5. The topological polar surface area (TPSA) is 37.7 Å². The van der Waals surface area contributed by atoms with E-state index in [1.165, 1.54) is 32.1 Å². The number of carbonyl (C=O) groups excluding carboxylic acids is 1. The van der Waals surface area contributed by atoms with Crippen molar-refractivity contribution < 1.29 is 9.53 Å². The Balaban J connectivity index is 1.70. The van der Waals surface area contributed by atoms with Gasteiger partial charge < -0.3 is 14.2 Å². The summed E-state index contributed by atoms with van der Waals surface area (Å²) in [5, 5.41) is 1.02. The lowest BCUT2D eigenvalue weighted by atomic mass is 9.89. The fraction of sp³-hybridized carbons (Fsp3) is 0.625. The van der Waals surface area contributed by atoms with E-state index in [0.717, 1.165) is 48.4 Å². The van der Waals surface area contributed by atoms with Gasteiger partial charge in [0.15, 0.2) is 0 Å². The van der Waals surface area contributed by atoms with E-state index >= 15 is 0 Å². The number of benzene rings is 1. The molecule has 0 unspecified atom stereocenters. The molecule has 1 saturated heterocycles. The summed E-state index contributed by atoms with van der Waals surface area (Å²) in [7, 11) is 3.86. The van der Waals surface area contributed by atoms with Crippen LogP contribution in [0.3, 0.4) is 0 Å². The number of ether oxygens (including phenoxy) is 1.